The molecular formula is C33H52N10O2. The highest BCUT2D eigenvalue weighted by Gasteiger charge is 2.44. The summed E-state index contributed by atoms with van der Waals surface area (Å²) in [7, 11) is 0. The third-order valence-corrected chi connectivity index (χ3v) is 7.86. The van der Waals surface area contributed by atoms with Gasteiger partial charge < -0.3 is 43.2 Å². The molecule has 0 radical (unpaired) electrons. The third kappa shape index (κ3) is 10.9. The standard InChI is InChI=1S/C33H52N10O2/c1-21(2)10-15-40-32(36)39-14-6-7-27-25-13-18-43(33(37)41-16-11-22(3)4)29(25)26-19-24(8-9-28(26)42-27)30(44)45-20-23(5)12-17-38-31(34)35/h8-12,19,25,27,29,42H,6-7,13-18,20H2,1-5H3,(H2,37,41)(H4,34,35,38)(H3,36,39,40)/t25-,27-,29-/m0/s1. The summed E-state index contributed by atoms with van der Waals surface area (Å²) in [5.74, 6) is 0.882. The Hall–Kier alpha value is -4.48. The monoisotopic (exact) mass is 620 g/mol. The number of hydrogen-bond donors (Lipinski definition) is 6. The number of nitrogens with zero attached hydrogens (tertiary/aromatic N) is 4. The van der Waals surface area contributed by atoms with Crippen LogP contribution in [-0.2, 0) is 4.74 Å². The van der Waals surface area contributed by atoms with Gasteiger partial charge in [0.15, 0.2) is 17.9 Å². The maximum atomic E-state index is 13.1. The van der Waals surface area contributed by atoms with E-state index in [4.69, 9.17) is 27.7 Å². The van der Waals surface area contributed by atoms with Crippen molar-refractivity contribution in [1.82, 2.24) is 10.2 Å². The lowest BCUT2D eigenvalue weighted by Crippen LogP contribution is -2.44. The molecule has 12 nitrogen and oxygen atoms in total. The van der Waals surface area contributed by atoms with Crippen molar-refractivity contribution in [2.24, 2.45) is 43.8 Å². The van der Waals surface area contributed by atoms with Gasteiger partial charge in [0, 0.05) is 30.7 Å². The summed E-state index contributed by atoms with van der Waals surface area (Å²) in [4.78, 5) is 28.2. The first-order valence-corrected chi connectivity index (χ1v) is 15.6. The van der Waals surface area contributed by atoms with Crippen LogP contribution in [0.5, 0.6) is 0 Å². The van der Waals surface area contributed by atoms with Crippen LogP contribution in [0.1, 0.15) is 75.8 Å². The molecule has 0 unspecified atom stereocenters. The van der Waals surface area contributed by atoms with Gasteiger partial charge in [-0.1, -0.05) is 29.4 Å². The topological polar surface area (TPSA) is 195 Å². The molecule has 1 saturated heterocycles. The summed E-state index contributed by atoms with van der Waals surface area (Å²) >= 11 is 0. The number of guanidine groups is 3. The van der Waals surface area contributed by atoms with E-state index in [1.165, 1.54) is 11.1 Å². The molecule has 1 aromatic rings. The van der Waals surface area contributed by atoms with Gasteiger partial charge in [-0.25, -0.2) is 19.8 Å². The lowest BCUT2D eigenvalue weighted by atomic mass is 9.80. The predicted octanol–water partition coefficient (Wildman–Crippen LogP) is 3.15. The number of allylic oxidation sites excluding steroid dienone is 2. The zero-order valence-corrected chi connectivity index (χ0v) is 27.5. The minimum atomic E-state index is -0.393. The third-order valence-electron chi connectivity index (χ3n) is 7.86. The van der Waals surface area contributed by atoms with Crippen LogP contribution >= 0.6 is 0 Å². The average molecular weight is 621 g/mol. The van der Waals surface area contributed by atoms with Gasteiger partial charge in [-0.2, -0.15) is 0 Å². The molecule has 2 aliphatic heterocycles. The lowest BCUT2D eigenvalue weighted by Gasteiger charge is -2.40. The number of ether oxygens (including phenoxy) is 1. The lowest BCUT2D eigenvalue weighted by molar-refractivity contribution is 0.0539. The number of aliphatic imine (C=N–C) groups is 3. The minimum absolute atomic E-state index is 0.0145. The van der Waals surface area contributed by atoms with Crippen molar-refractivity contribution < 1.29 is 9.53 Å². The van der Waals surface area contributed by atoms with Gasteiger partial charge in [-0.15, -0.1) is 0 Å². The molecule has 1 fully saturated rings. The molecule has 0 aromatic heterocycles. The Morgan fingerprint density at radius 1 is 1.00 bits per heavy atom. The molecule has 0 amide bonds. The molecule has 246 valence electrons. The summed E-state index contributed by atoms with van der Waals surface area (Å²) in [6, 6.07) is 5.92. The number of carbonyl (C=O) groups excluding carboxylic acids is 1. The normalized spacial score (nSPS) is 19.5. The summed E-state index contributed by atoms with van der Waals surface area (Å²) in [6.07, 6.45) is 8.73. The second-order valence-electron chi connectivity index (χ2n) is 12.1. The Bertz CT molecular complexity index is 1350. The number of anilines is 1. The van der Waals surface area contributed by atoms with E-state index >= 15 is 0 Å². The largest absolute Gasteiger partial charge is 0.458 e. The van der Waals surface area contributed by atoms with Crippen LogP contribution in [0.15, 0.2) is 68.1 Å². The van der Waals surface area contributed by atoms with Crippen molar-refractivity contribution in [2.45, 2.75) is 66.0 Å². The molecule has 12 heteroatoms. The summed E-state index contributed by atoms with van der Waals surface area (Å²) in [5.41, 5.74) is 29.2. The molecule has 0 saturated carbocycles. The van der Waals surface area contributed by atoms with Crippen LogP contribution in [0.2, 0.25) is 0 Å². The van der Waals surface area contributed by atoms with Crippen LogP contribution in [0.25, 0.3) is 0 Å². The highest BCUT2D eigenvalue weighted by atomic mass is 16.5. The molecule has 3 rings (SSSR count). The van der Waals surface area contributed by atoms with Gasteiger partial charge in [0.05, 0.1) is 31.2 Å². The van der Waals surface area contributed by atoms with Gasteiger partial charge in [-0.3, -0.25) is 0 Å². The zero-order valence-electron chi connectivity index (χ0n) is 27.5. The van der Waals surface area contributed by atoms with E-state index in [0.717, 1.165) is 49.2 Å². The maximum Gasteiger partial charge on any atom is 0.338 e. The number of nitrogens with one attached hydrogen (secondary N) is 2. The van der Waals surface area contributed by atoms with Crippen LogP contribution in [0.4, 0.5) is 5.69 Å². The van der Waals surface area contributed by atoms with Crippen molar-refractivity contribution >= 4 is 29.5 Å². The Morgan fingerprint density at radius 2 is 1.69 bits per heavy atom. The number of likely N-dealkylation sites (tertiary alicyclic amines) is 1. The average Bonchev–Trinajstić information content (AvgIpc) is 3.43. The number of hydrogen-bond acceptors (Lipinski definition) is 6. The van der Waals surface area contributed by atoms with E-state index in [0.29, 0.717) is 37.1 Å². The SMILES string of the molecule is CC(C)=CCN=C(N)NCCC[C@@H]1Nc2ccc(C(=O)OCC(C)=CCN=C(N)N)cc2[C@@H]2[C@H]1CCN2C(N)=NCC=C(C)C. The van der Waals surface area contributed by atoms with Crippen molar-refractivity contribution in [3.8, 4) is 0 Å². The molecule has 0 aliphatic carbocycles. The predicted molar refractivity (Wildman–Crippen MR) is 185 cm³/mol. The van der Waals surface area contributed by atoms with E-state index in [-0.39, 0.29) is 30.6 Å². The van der Waals surface area contributed by atoms with Crippen molar-refractivity contribution in [2.75, 3.05) is 44.6 Å². The molecule has 0 spiro atoms. The van der Waals surface area contributed by atoms with Crippen LogP contribution in [0.3, 0.4) is 0 Å². The molecular weight excluding hydrogens is 568 g/mol. The van der Waals surface area contributed by atoms with Gasteiger partial charge >= 0.3 is 5.97 Å². The molecule has 45 heavy (non-hydrogen) atoms. The fourth-order valence-electron chi connectivity index (χ4n) is 5.51. The van der Waals surface area contributed by atoms with E-state index in [1.807, 2.05) is 58.9 Å². The van der Waals surface area contributed by atoms with Crippen molar-refractivity contribution in [1.29, 1.82) is 0 Å². The molecule has 2 aliphatic rings. The molecule has 0 bridgehead atoms. The number of rotatable bonds is 13. The van der Waals surface area contributed by atoms with Gasteiger partial charge in [0.25, 0.3) is 0 Å². The van der Waals surface area contributed by atoms with Crippen LogP contribution in [-0.4, -0.2) is 74.1 Å². The number of esters is 1. The Labute approximate surface area is 267 Å². The van der Waals surface area contributed by atoms with E-state index in [9.17, 15) is 4.79 Å². The van der Waals surface area contributed by atoms with Gasteiger partial charge in [-0.05, 0) is 83.2 Å². The van der Waals surface area contributed by atoms with Gasteiger partial charge in [0.1, 0.15) is 6.61 Å². The second kappa shape index (κ2) is 17.1. The maximum absolute atomic E-state index is 13.1. The first kappa shape index (κ1) is 35.0. The zero-order chi connectivity index (χ0) is 32.9. The quantitative estimate of drug-likeness (QED) is 0.0631. The van der Waals surface area contributed by atoms with Crippen LogP contribution in [0, 0.1) is 5.92 Å². The van der Waals surface area contributed by atoms with Crippen molar-refractivity contribution in [3.05, 3.63) is 64.3 Å². The first-order chi connectivity index (χ1) is 21.5. The Morgan fingerprint density at radius 3 is 2.38 bits per heavy atom. The first-order valence-electron chi connectivity index (χ1n) is 15.6. The smallest absolute Gasteiger partial charge is 0.338 e. The number of carbonyl (C=O) groups is 1. The highest BCUT2D eigenvalue weighted by molar-refractivity contribution is 5.91. The number of fused-ring (bicyclic) bond motifs is 3. The fourth-order valence-corrected chi connectivity index (χ4v) is 5.51. The summed E-state index contributed by atoms with van der Waals surface area (Å²) in [6.45, 7) is 13.1. The fraction of sp³-hybridized carbons (Fsp3) is 0.515. The second-order valence-corrected chi connectivity index (χ2v) is 12.1. The molecule has 10 N–H and O–H groups in total. The van der Waals surface area contributed by atoms with Crippen molar-refractivity contribution in [3.63, 3.8) is 0 Å². The molecule has 1 aromatic carbocycles. The van der Waals surface area contributed by atoms with E-state index < -0.39 is 5.97 Å². The minimum Gasteiger partial charge on any atom is -0.458 e. The Kier molecular flexibility index (Phi) is 13.3. The number of benzene rings is 1. The summed E-state index contributed by atoms with van der Waals surface area (Å²) < 4.78 is 5.60. The van der Waals surface area contributed by atoms with Crippen LogP contribution < -0.4 is 33.6 Å². The molecule has 3 atom stereocenters. The van der Waals surface area contributed by atoms with E-state index in [1.54, 1.807) is 6.07 Å². The van der Waals surface area contributed by atoms with Gasteiger partial charge in [0.2, 0.25) is 0 Å². The summed E-state index contributed by atoms with van der Waals surface area (Å²) in [5, 5.41) is 6.99. The van der Waals surface area contributed by atoms with E-state index in [2.05, 4.69) is 36.6 Å². The highest BCUT2D eigenvalue weighted by Crippen LogP contribution is 2.47. The number of nitrogens with two attached hydrogens (primary N) is 4. The molecule has 2 heterocycles. The Balaban J connectivity index is 1.77.